The maximum atomic E-state index is 3.63. The van der Waals surface area contributed by atoms with E-state index < -0.39 is 0 Å². The SMILES string of the molecule is CN1C=CN(C2CCC2)C1Br. The number of alkyl halides is 1. The van der Waals surface area contributed by atoms with Crippen molar-refractivity contribution in [3.63, 3.8) is 0 Å². The van der Waals surface area contributed by atoms with Crippen molar-refractivity contribution in [2.45, 2.75) is 30.4 Å². The highest BCUT2D eigenvalue weighted by molar-refractivity contribution is 9.09. The van der Waals surface area contributed by atoms with Gasteiger partial charge in [0.05, 0.1) is 0 Å². The molecule has 1 aliphatic heterocycles. The van der Waals surface area contributed by atoms with Gasteiger partial charge in [-0.15, -0.1) is 0 Å². The first-order chi connectivity index (χ1) is 5.29. The predicted molar refractivity (Wildman–Crippen MR) is 49.1 cm³/mol. The van der Waals surface area contributed by atoms with E-state index in [1.807, 2.05) is 0 Å². The average molecular weight is 217 g/mol. The second-order valence-corrected chi connectivity index (χ2v) is 4.13. The summed E-state index contributed by atoms with van der Waals surface area (Å²) in [5.74, 6) is 0. The topological polar surface area (TPSA) is 6.48 Å². The Balaban J connectivity index is 1.99. The lowest BCUT2D eigenvalue weighted by Crippen LogP contribution is -2.42. The van der Waals surface area contributed by atoms with Gasteiger partial charge in [-0.1, -0.05) is 0 Å². The van der Waals surface area contributed by atoms with Crippen LogP contribution in [-0.2, 0) is 0 Å². The minimum Gasteiger partial charge on any atom is -0.350 e. The number of nitrogens with zero attached hydrogens (tertiary/aromatic N) is 2. The summed E-state index contributed by atoms with van der Waals surface area (Å²) in [5, 5.41) is 0.396. The Morgan fingerprint density at radius 2 is 2.09 bits per heavy atom. The van der Waals surface area contributed by atoms with Crippen LogP contribution in [0.5, 0.6) is 0 Å². The molecule has 2 rings (SSSR count). The monoisotopic (exact) mass is 216 g/mol. The molecule has 1 fully saturated rings. The molecule has 0 aromatic heterocycles. The van der Waals surface area contributed by atoms with Crippen LogP contribution >= 0.6 is 15.9 Å². The van der Waals surface area contributed by atoms with Crippen LogP contribution in [0.25, 0.3) is 0 Å². The van der Waals surface area contributed by atoms with Crippen LogP contribution < -0.4 is 0 Å². The molecule has 0 bridgehead atoms. The first-order valence-corrected chi connectivity index (χ1v) is 5.02. The van der Waals surface area contributed by atoms with Gasteiger partial charge in [-0.2, -0.15) is 0 Å². The summed E-state index contributed by atoms with van der Waals surface area (Å²) in [5.41, 5.74) is 0. The molecule has 1 heterocycles. The molecule has 0 N–H and O–H groups in total. The lowest BCUT2D eigenvalue weighted by atomic mass is 9.92. The fraction of sp³-hybridized carbons (Fsp3) is 0.750. The number of rotatable bonds is 1. The van der Waals surface area contributed by atoms with Gasteiger partial charge in [0.15, 0.2) is 5.08 Å². The number of hydrogen-bond acceptors (Lipinski definition) is 2. The van der Waals surface area contributed by atoms with Gasteiger partial charge in [-0.25, -0.2) is 0 Å². The molecule has 2 nitrogen and oxygen atoms in total. The molecule has 1 unspecified atom stereocenters. The molecule has 0 amide bonds. The van der Waals surface area contributed by atoms with E-state index in [-0.39, 0.29) is 0 Å². The van der Waals surface area contributed by atoms with Gasteiger partial charge in [0.1, 0.15) is 0 Å². The molecule has 1 atom stereocenters. The van der Waals surface area contributed by atoms with Crippen molar-refractivity contribution in [1.29, 1.82) is 0 Å². The normalized spacial score (nSPS) is 31.3. The molecule has 0 aromatic rings. The molecule has 0 saturated heterocycles. The van der Waals surface area contributed by atoms with Crippen molar-refractivity contribution in [3.8, 4) is 0 Å². The summed E-state index contributed by atoms with van der Waals surface area (Å²) in [7, 11) is 2.09. The second-order valence-electron chi connectivity index (χ2n) is 3.31. The Labute approximate surface area is 76.0 Å². The van der Waals surface area contributed by atoms with Gasteiger partial charge in [-0.05, 0) is 35.2 Å². The highest BCUT2D eigenvalue weighted by Crippen LogP contribution is 2.31. The third kappa shape index (κ3) is 1.15. The predicted octanol–water partition coefficient (Wildman–Crippen LogP) is 1.94. The summed E-state index contributed by atoms with van der Waals surface area (Å²) in [4.78, 5) is 4.57. The molecule has 0 spiro atoms. The zero-order valence-corrected chi connectivity index (χ0v) is 8.29. The molecule has 0 aromatic carbocycles. The van der Waals surface area contributed by atoms with Crippen molar-refractivity contribution >= 4 is 15.9 Å². The average Bonchev–Trinajstić information content (AvgIpc) is 2.15. The van der Waals surface area contributed by atoms with Crippen molar-refractivity contribution < 1.29 is 0 Å². The van der Waals surface area contributed by atoms with Crippen LogP contribution in [0.4, 0.5) is 0 Å². The molecular formula is C8H13BrN2. The van der Waals surface area contributed by atoms with Gasteiger partial charge >= 0.3 is 0 Å². The Bertz CT molecular complexity index is 177. The third-order valence-electron chi connectivity index (χ3n) is 2.55. The van der Waals surface area contributed by atoms with Crippen molar-refractivity contribution in [1.82, 2.24) is 9.80 Å². The van der Waals surface area contributed by atoms with Gasteiger partial charge < -0.3 is 9.80 Å². The van der Waals surface area contributed by atoms with E-state index in [0.29, 0.717) is 5.08 Å². The minimum atomic E-state index is 0.396. The van der Waals surface area contributed by atoms with E-state index in [2.05, 4.69) is 45.2 Å². The maximum Gasteiger partial charge on any atom is 0.158 e. The van der Waals surface area contributed by atoms with E-state index in [1.165, 1.54) is 19.3 Å². The van der Waals surface area contributed by atoms with E-state index in [9.17, 15) is 0 Å². The fourth-order valence-electron chi connectivity index (χ4n) is 1.52. The molecule has 62 valence electrons. The molecule has 0 radical (unpaired) electrons. The molecule has 3 heteroatoms. The van der Waals surface area contributed by atoms with E-state index >= 15 is 0 Å². The van der Waals surface area contributed by atoms with Crippen molar-refractivity contribution in [2.75, 3.05) is 7.05 Å². The van der Waals surface area contributed by atoms with E-state index in [4.69, 9.17) is 0 Å². The smallest absolute Gasteiger partial charge is 0.158 e. The van der Waals surface area contributed by atoms with Gasteiger partial charge in [-0.3, -0.25) is 0 Å². The highest BCUT2D eigenvalue weighted by Gasteiger charge is 2.30. The summed E-state index contributed by atoms with van der Waals surface area (Å²) in [6.07, 6.45) is 8.43. The van der Waals surface area contributed by atoms with Crippen LogP contribution in [0.2, 0.25) is 0 Å². The lowest BCUT2D eigenvalue weighted by Gasteiger charge is -2.38. The Morgan fingerprint density at radius 3 is 2.45 bits per heavy atom. The summed E-state index contributed by atoms with van der Waals surface area (Å²) < 4.78 is 0. The lowest BCUT2D eigenvalue weighted by molar-refractivity contribution is 0.144. The Kier molecular flexibility index (Phi) is 1.83. The van der Waals surface area contributed by atoms with E-state index in [0.717, 1.165) is 6.04 Å². The standard InChI is InChI=1S/C8H13BrN2/c1-10-5-6-11(8(10)9)7-3-2-4-7/h5-8H,2-4H2,1H3. The Hall–Kier alpha value is -0.180. The van der Waals surface area contributed by atoms with Gasteiger partial charge in [0, 0.05) is 25.5 Å². The number of halogens is 1. The quantitative estimate of drug-likeness (QED) is 0.489. The van der Waals surface area contributed by atoms with Crippen LogP contribution in [0.1, 0.15) is 19.3 Å². The summed E-state index contributed by atoms with van der Waals surface area (Å²) in [6.45, 7) is 0. The maximum absolute atomic E-state index is 3.63. The van der Waals surface area contributed by atoms with Gasteiger partial charge in [0.25, 0.3) is 0 Å². The highest BCUT2D eigenvalue weighted by atomic mass is 79.9. The molecular weight excluding hydrogens is 204 g/mol. The molecule has 2 aliphatic rings. The molecule has 11 heavy (non-hydrogen) atoms. The molecule has 1 aliphatic carbocycles. The zero-order valence-electron chi connectivity index (χ0n) is 6.70. The van der Waals surface area contributed by atoms with E-state index in [1.54, 1.807) is 0 Å². The molecule has 1 saturated carbocycles. The van der Waals surface area contributed by atoms with Crippen LogP contribution in [0.15, 0.2) is 12.4 Å². The van der Waals surface area contributed by atoms with Crippen LogP contribution in [0, 0.1) is 0 Å². The Morgan fingerprint density at radius 1 is 1.36 bits per heavy atom. The first kappa shape index (κ1) is 7.47. The van der Waals surface area contributed by atoms with Crippen molar-refractivity contribution in [2.24, 2.45) is 0 Å². The summed E-state index contributed by atoms with van der Waals surface area (Å²) in [6, 6.07) is 0.792. The largest absolute Gasteiger partial charge is 0.350 e. The third-order valence-corrected chi connectivity index (χ3v) is 3.67. The number of hydrogen-bond donors (Lipinski definition) is 0. The zero-order chi connectivity index (χ0) is 7.84. The fourth-order valence-corrected chi connectivity index (χ4v) is 2.12. The second kappa shape index (κ2) is 2.70. The van der Waals surface area contributed by atoms with Crippen LogP contribution in [-0.4, -0.2) is 28.0 Å². The van der Waals surface area contributed by atoms with Crippen LogP contribution in [0.3, 0.4) is 0 Å². The van der Waals surface area contributed by atoms with Crippen molar-refractivity contribution in [3.05, 3.63) is 12.4 Å². The summed E-state index contributed by atoms with van der Waals surface area (Å²) >= 11 is 3.63. The minimum absolute atomic E-state index is 0.396. The first-order valence-electron chi connectivity index (χ1n) is 4.11. The van der Waals surface area contributed by atoms with Gasteiger partial charge in [0.2, 0.25) is 0 Å².